The summed E-state index contributed by atoms with van der Waals surface area (Å²) in [5, 5.41) is 0.303. The second kappa shape index (κ2) is 3.49. The molecular formula is C8H6ClFO. The molecule has 0 atom stereocenters. The average molecular weight is 173 g/mol. The standard InChI is InChI=1S/C8H6ClFO/c9-7-2-1-3-8(10)6(7)4-5-11/h1-3,5H,4H2. The van der Waals surface area contributed by atoms with E-state index in [0.29, 0.717) is 11.3 Å². The largest absolute Gasteiger partial charge is 0.303 e. The van der Waals surface area contributed by atoms with Crippen molar-refractivity contribution in [1.82, 2.24) is 0 Å². The van der Waals surface area contributed by atoms with Crippen LogP contribution in [0.25, 0.3) is 0 Å². The summed E-state index contributed by atoms with van der Waals surface area (Å²) in [6.45, 7) is 0. The van der Waals surface area contributed by atoms with Crippen LogP contribution in [0, 0.1) is 5.82 Å². The maximum atomic E-state index is 12.8. The zero-order valence-corrected chi connectivity index (χ0v) is 6.44. The van der Waals surface area contributed by atoms with Crippen LogP contribution in [-0.2, 0) is 11.2 Å². The first kappa shape index (κ1) is 8.21. The SMILES string of the molecule is O=CCc1c(F)cccc1Cl. The van der Waals surface area contributed by atoms with E-state index in [-0.39, 0.29) is 12.0 Å². The molecule has 0 unspecified atom stereocenters. The minimum Gasteiger partial charge on any atom is -0.303 e. The predicted molar refractivity (Wildman–Crippen MR) is 41.2 cm³/mol. The van der Waals surface area contributed by atoms with Gasteiger partial charge in [0.1, 0.15) is 12.1 Å². The molecule has 0 N–H and O–H groups in total. The fourth-order valence-corrected chi connectivity index (χ4v) is 1.05. The van der Waals surface area contributed by atoms with E-state index in [4.69, 9.17) is 11.6 Å². The molecule has 58 valence electrons. The molecule has 3 heteroatoms. The molecule has 11 heavy (non-hydrogen) atoms. The Kier molecular flexibility index (Phi) is 2.60. The highest BCUT2D eigenvalue weighted by Crippen LogP contribution is 2.18. The van der Waals surface area contributed by atoms with E-state index in [2.05, 4.69) is 0 Å². The van der Waals surface area contributed by atoms with Crippen LogP contribution < -0.4 is 0 Å². The molecule has 1 nitrogen and oxygen atoms in total. The maximum absolute atomic E-state index is 12.8. The summed E-state index contributed by atoms with van der Waals surface area (Å²) in [6.07, 6.45) is 0.662. The molecular weight excluding hydrogens is 167 g/mol. The predicted octanol–water partition coefficient (Wildman–Crippen LogP) is 2.22. The smallest absolute Gasteiger partial charge is 0.128 e. The Labute approximate surface area is 68.8 Å². The minimum atomic E-state index is -0.426. The third kappa shape index (κ3) is 1.77. The van der Waals surface area contributed by atoms with Gasteiger partial charge in [-0.1, -0.05) is 17.7 Å². The molecule has 0 saturated heterocycles. The van der Waals surface area contributed by atoms with Gasteiger partial charge in [0.2, 0.25) is 0 Å². The van der Waals surface area contributed by atoms with Gasteiger partial charge in [0.15, 0.2) is 0 Å². The second-order valence-electron chi connectivity index (χ2n) is 2.07. The highest BCUT2D eigenvalue weighted by Gasteiger charge is 2.04. The third-order valence-corrected chi connectivity index (χ3v) is 1.70. The van der Waals surface area contributed by atoms with Crippen LogP contribution in [0.3, 0.4) is 0 Å². The molecule has 0 bridgehead atoms. The van der Waals surface area contributed by atoms with Crippen LogP contribution in [0.1, 0.15) is 5.56 Å². The summed E-state index contributed by atoms with van der Waals surface area (Å²) in [5.41, 5.74) is 0.268. The molecule has 0 spiro atoms. The summed E-state index contributed by atoms with van der Waals surface area (Å²) in [7, 11) is 0. The normalized spacial score (nSPS) is 9.64. The molecule has 0 amide bonds. The van der Waals surface area contributed by atoms with Gasteiger partial charge < -0.3 is 4.79 Å². The first-order valence-electron chi connectivity index (χ1n) is 3.12. The Balaban J connectivity index is 3.09. The number of aldehydes is 1. The summed E-state index contributed by atoms with van der Waals surface area (Å²) in [6, 6.07) is 4.35. The second-order valence-corrected chi connectivity index (χ2v) is 2.48. The lowest BCUT2D eigenvalue weighted by Crippen LogP contribution is -1.91. The van der Waals surface area contributed by atoms with Gasteiger partial charge in [-0.05, 0) is 12.1 Å². The van der Waals surface area contributed by atoms with Crippen molar-refractivity contribution in [2.45, 2.75) is 6.42 Å². The molecule has 0 aliphatic heterocycles. The molecule has 0 saturated carbocycles. The molecule has 1 rings (SSSR count). The Morgan fingerprint density at radius 1 is 1.55 bits per heavy atom. The van der Waals surface area contributed by atoms with Gasteiger partial charge in [0.25, 0.3) is 0 Å². The van der Waals surface area contributed by atoms with E-state index in [0.717, 1.165) is 0 Å². The molecule has 0 radical (unpaired) electrons. The Morgan fingerprint density at radius 2 is 2.27 bits per heavy atom. The zero-order valence-electron chi connectivity index (χ0n) is 5.68. The van der Waals surface area contributed by atoms with E-state index in [1.54, 1.807) is 6.07 Å². The van der Waals surface area contributed by atoms with Gasteiger partial charge in [-0.25, -0.2) is 4.39 Å². The van der Waals surface area contributed by atoms with E-state index in [1.807, 2.05) is 0 Å². The first-order chi connectivity index (χ1) is 5.25. The average Bonchev–Trinajstić information content (AvgIpc) is 1.97. The van der Waals surface area contributed by atoms with Gasteiger partial charge >= 0.3 is 0 Å². The highest BCUT2D eigenvalue weighted by molar-refractivity contribution is 6.31. The van der Waals surface area contributed by atoms with Crippen LogP contribution in [0.2, 0.25) is 5.02 Å². The molecule has 0 aromatic heterocycles. The number of carbonyl (C=O) groups is 1. The number of hydrogen-bond donors (Lipinski definition) is 0. The van der Waals surface area contributed by atoms with Crippen molar-refractivity contribution in [3.8, 4) is 0 Å². The number of hydrogen-bond acceptors (Lipinski definition) is 1. The van der Waals surface area contributed by atoms with Gasteiger partial charge in [-0.3, -0.25) is 0 Å². The summed E-state index contributed by atoms with van der Waals surface area (Å²) in [4.78, 5) is 10.1. The lowest BCUT2D eigenvalue weighted by atomic mass is 10.1. The van der Waals surface area contributed by atoms with Crippen LogP contribution in [0.4, 0.5) is 4.39 Å². The monoisotopic (exact) mass is 172 g/mol. The summed E-state index contributed by atoms with van der Waals surface area (Å²) < 4.78 is 12.8. The van der Waals surface area contributed by atoms with E-state index < -0.39 is 5.82 Å². The van der Waals surface area contributed by atoms with Crippen LogP contribution in [0.5, 0.6) is 0 Å². The van der Waals surface area contributed by atoms with Crippen LogP contribution in [-0.4, -0.2) is 6.29 Å². The molecule has 0 aliphatic carbocycles. The van der Waals surface area contributed by atoms with Gasteiger partial charge in [-0.2, -0.15) is 0 Å². The summed E-state index contributed by atoms with van der Waals surface area (Å²) >= 11 is 5.61. The summed E-state index contributed by atoms with van der Waals surface area (Å²) in [5.74, 6) is -0.426. The number of carbonyl (C=O) groups excluding carboxylic acids is 1. The van der Waals surface area contributed by atoms with Crippen LogP contribution >= 0.6 is 11.6 Å². The van der Waals surface area contributed by atoms with E-state index in [9.17, 15) is 9.18 Å². The van der Waals surface area contributed by atoms with Crippen molar-refractivity contribution in [1.29, 1.82) is 0 Å². The van der Waals surface area contributed by atoms with Crippen molar-refractivity contribution in [3.63, 3.8) is 0 Å². The minimum absolute atomic E-state index is 0.0332. The number of benzene rings is 1. The van der Waals surface area contributed by atoms with Crippen molar-refractivity contribution >= 4 is 17.9 Å². The Morgan fingerprint density at radius 3 is 2.82 bits per heavy atom. The topological polar surface area (TPSA) is 17.1 Å². The zero-order chi connectivity index (χ0) is 8.27. The number of halogens is 2. The molecule has 0 heterocycles. The van der Waals surface area contributed by atoms with Crippen molar-refractivity contribution in [2.75, 3.05) is 0 Å². The molecule has 0 fully saturated rings. The third-order valence-electron chi connectivity index (χ3n) is 1.35. The molecule has 0 aliphatic rings. The first-order valence-corrected chi connectivity index (χ1v) is 3.50. The lowest BCUT2D eigenvalue weighted by molar-refractivity contribution is -0.107. The maximum Gasteiger partial charge on any atom is 0.128 e. The quantitative estimate of drug-likeness (QED) is 0.626. The van der Waals surface area contributed by atoms with Crippen molar-refractivity contribution in [2.24, 2.45) is 0 Å². The fraction of sp³-hybridized carbons (Fsp3) is 0.125. The molecule has 1 aromatic carbocycles. The van der Waals surface area contributed by atoms with Crippen molar-refractivity contribution < 1.29 is 9.18 Å². The molecule has 1 aromatic rings. The van der Waals surface area contributed by atoms with E-state index in [1.165, 1.54) is 12.1 Å². The van der Waals surface area contributed by atoms with Crippen molar-refractivity contribution in [3.05, 3.63) is 34.6 Å². The van der Waals surface area contributed by atoms with Gasteiger partial charge in [0, 0.05) is 17.0 Å². The van der Waals surface area contributed by atoms with Gasteiger partial charge in [0.05, 0.1) is 0 Å². The highest BCUT2D eigenvalue weighted by atomic mass is 35.5. The van der Waals surface area contributed by atoms with Gasteiger partial charge in [-0.15, -0.1) is 0 Å². The Hall–Kier alpha value is -0.890. The lowest BCUT2D eigenvalue weighted by Gasteiger charge is -1.99. The van der Waals surface area contributed by atoms with Crippen LogP contribution in [0.15, 0.2) is 18.2 Å². The fourth-order valence-electron chi connectivity index (χ4n) is 0.811. The Bertz CT molecular complexity index is 253. The van der Waals surface area contributed by atoms with E-state index >= 15 is 0 Å². The number of rotatable bonds is 2.